The number of benzene rings is 1. The Morgan fingerprint density at radius 2 is 1.33 bits per heavy atom. The summed E-state index contributed by atoms with van der Waals surface area (Å²) in [6.45, 7) is 1.74. The zero-order valence-electron chi connectivity index (χ0n) is 6.03. The fourth-order valence-corrected chi connectivity index (χ4v) is 2.38. The molecule has 12 heavy (non-hydrogen) atoms. The molecule has 0 unspecified atom stereocenters. The monoisotopic (exact) mass is 358 g/mol. The van der Waals surface area contributed by atoms with E-state index in [0.717, 1.165) is 0 Å². The van der Waals surface area contributed by atoms with Crippen molar-refractivity contribution in [2.45, 2.75) is 6.92 Å². The van der Waals surface area contributed by atoms with Gasteiger partial charge < -0.3 is 10.2 Å². The predicted molar refractivity (Wildman–Crippen MR) is 57.6 cm³/mol. The lowest BCUT2D eigenvalue weighted by Crippen LogP contribution is -1.83. The topological polar surface area (TPSA) is 40.5 Å². The van der Waals surface area contributed by atoms with Gasteiger partial charge in [0.25, 0.3) is 0 Å². The minimum absolute atomic E-state index is 0.00928. The summed E-state index contributed by atoms with van der Waals surface area (Å²) in [5, 5.41) is 18.8. The largest absolute Gasteiger partial charge is 0.506 e. The summed E-state index contributed by atoms with van der Waals surface area (Å²) in [7, 11) is 0. The molecule has 0 saturated heterocycles. The molecule has 2 N–H and O–H groups in total. The Balaban J connectivity index is 3.60. The van der Waals surface area contributed by atoms with Gasteiger partial charge in [-0.15, -0.1) is 0 Å². The van der Waals surface area contributed by atoms with Gasteiger partial charge in [-0.1, -0.05) is 0 Å². The highest BCUT2D eigenvalue weighted by Crippen LogP contribution is 2.46. The molecule has 0 fully saturated rings. The van der Waals surface area contributed by atoms with E-state index in [1.54, 1.807) is 6.92 Å². The Labute approximate surface area is 95.0 Å². The van der Waals surface area contributed by atoms with E-state index in [-0.39, 0.29) is 11.5 Å². The van der Waals surface area contributed by atoms with Gasteiger partial charge in [-0.3, -0.25) is 0 Å². The average Bonchev–Trinajstić information content (AvgIpc) is 2.08. The van der Waals surface area contributed by atoms with Gasteiger partial charge in [-0.05, 0) is 54.7 Å². The molecule has 0 aliphatic rings. The van der Waals surface area contributed by atoms with Crippen LogP contribution in [0.4, 0.5) is 0 Å². The van der Waals surface area contributed by atoms with Gasteiger partial charge in [0.05, 0.1) is 4.47 Å². The number of aromatic hydroxyl groups is 2. The molecular formula is C7H5Br3O2. The fraction of sp³-hybridized carbons (Fsp3) is 0.143. The van der Waals surface area contributed by atoms with Crippen molar-refractivity contribution >= 4 is 47.8 Å². The van der Waals surface area contributed by atoms with E-state index in [0.29, 0.717) is 19.0 Å². The predicted octanol–water partition coefficient (Wildman–Crippen LogP) is 3.69. The van der Waals surface area contributed by atoms with Crippen molar-refractivity contribution in [1.82, 2.24) is 0 Å². The lowest BCUT2D eigenvalue weighted by molar-refractivity contribution is 0.438. The molecule has 0 atom stereocenters. The first-order valence-electron chi connectivity index (χ1n) is 3.01. The summed E-state index contributed by atoms with van der Waals surface area (Å²) in [6.07, 6.45) is 0. The minimum atomic E-state index is -0.00928. The minimum Gasteiger partial charge on any atom is -0.506 e. The van der Waals surface area contributed by atoms with E-state index in [1.165, 1.54) is 0 Å². The summed E-state index contributed by atoms with van der Waals surface area (Å²) in [6, 6.07) is 0. The number of phenols is 2. The lowest BCUT2D eigenvalue weighted by Gasteiger charge is -2.08. The fourth-order valence-electron chi connectivity index (χ4n) is 0.746. The van der Waals surface area contributed by atoms with Crippen LogP contribution in [0.3, 0.4) is 0 Å². The molecule has 0 heterocycles. The molecule has 0 amide bonds. The third-order valence-corrected chi connectivity index (χ3v) is 4.55. The molecule has 0 saturated carbocycles. The maximum atomic E-state index is 9.43. The van der Waals surface area contributed by atoms with E-state index in [1.807, 2.05) is 0 Å². The molecule has 5 heteroatoms. The molecule has 0 aliphatic heterocycles. The third kappa shape index (κ3) is 1.49. The lowest BCUT2D eigenvalue weighted by atomic mass is 10.2. The molecular weight excluding hydrogens is 356 g/mol. The van der Waals surface area contributed by atoms with Gasteiger partial charge in [-0.2, -0.15) is 0 Å². The summed E-state index contributed by atoms with van der Waals surface area (Å²) < 4.78 is 1.49. The smallest absolute Gasteiger partial charge is 0.148 e. The van der Waals surface area contributed by atoms with Crippen molar-refractivity contribution in [3.63, 3.8) is 0 Å². The number of halogens is 3. The van der Waals surface area contributed by atoms with Crippen LogP contribution < -0.4 is 0 Å². The number of rotatable bonds is 0. The van der Waals surface area contributed by atoms with Crippen molar-refractivity contribution in [1.29, 1.82) is 0 Å². The van der Waals surface area contributed by atoms with Crippen LogP contribution in [-0.4, -0.2) is 10.2 Å². The van der Waals surface area contributed by atoms with Crippen LogP contribution in [0.15, 0.2) is 13.4 Å². The highest BCUT2D eigenvalue weighted by molar-refractivity contribution is 9.13. The van der Waals surface area contributed by atoms with Gasteiger partial charge in [0.2, 0.25) is 0 Å². The zero-order valence-corrected chi connectivity index (χ0v) is 10.8. The van der Waals surface area contributed by atoms with Crippen LogP contribution in [0, 0.1) is 6.92 Å². The second kappa shape index (κ2) is 3.55. The van der Waals surface area contributed by atoms with Crippen LogP contribution in [-0.2, 0) is 0 Å². The normalized spacial score (nSPS) is 10.3. The highest BCUT2D eigenvalue weighted by atomic mass is 79.9. The molecule has 0 radical (unpaired) electrons. The van der Waals surface area contributed by atoms with Gasteiger partial charge >= 0.3 is 0 Å². The maximum absolute atomic E-state index is 9.43. The van der Waals surface area contributed by atoms with Crippen molar-refractivity contribution < 1.29 is 10.2 Å². The highest BCUT2D eigenvalue weighted by Gasteiger charge is 2.16. The van der Waals surface area contributed by atoms with Gasteiger partial charge in [0.1, 0.15) is 16.0 Å². The van der Waals surface area contributed by atoms with Crippen LogP contribution in [0.25, 0.3) is 0 Å². The standard InChI is InChI=1S/C7H5Br3O2/c1-2-3(8)4(9)7(12)5(10)6(2)11/h11-12H,1H3. The SMILES string of the molecule is Cc1c(O)c(Br)c(O)c(Br)c1Br. The summed E-state index contributed by atoms with van der Waals surface area (Å²) in [5.41, 5.74) is 0.673. The molecule has 0 bridgehead atoms. The molecule has 1 rings (SSSR count). The Morgan fingerprint density at radius 3 is 1.83 bits per heavy atom. The van der Waals surface area contributed by atoms with E-state index < -0.39 is 0 Å². The number of hydrogen-bond acceptors (Lipinski definition) is 2. The summed E-state index contributed by atoms with van der Waals surface area (Å²) >= 11 is 9.47. The van der Waals surface area contributed by atoms with Crippen LogP contribution >= 0.6 is 47.8 Å². The zero-order chi connectivity index (χ0) is 9.46. The molecule has 0 aliphatic carbocycles. The third-order valence-electron chi connectivity index (χ3n) is 1.50. The Morgan fingerprint density at radius 1 is 0.833 bits per heavy atom. The van der Waals surface area contributed by atoms with E-state index in [9.17, 15) is 10.2 Å². The van der Waals surface area contributed by atoms with E-state index in [2.05, 4.69) is 47.8 Å². The summed E-state index contributed by atoms with van der Waals surface area (Å²) in [5.74, 6) is 0.0348. The number of hydrogen-bond donors (Lipinski definition) is 2. The quantitative estimate of drug-likeness (QED) is 0.693. The Kier molecular flexibility index (Phi) is 3.06. The summed E-state index contributed by atoms with van der Waals surface area (Å²) in [4.78, 5) is 0. The molecule has 2 nitrogen and oxygen atoms in total. The van der Waals surface area contributed by atoms with Crippen molar-refractivity contribution in [2.24, 2.45) is 0 Å². The van der Waals surface area contributed by atoms with Crippen molar-refractivity contribution in [3.05, 3.63) is 19.0 Å². The second-order valence-electron chi connectivity index (χ2n) is 2.26. The molecule has 1 aromatic carbocycles. The van der Waals surface area contributed by atoms with Crippen LogP contribution in [0.1, 0.15) is 5.56 Å². The van der Waals surface area contributed by atoms with Crippen LogP contribution in [0.2, 0.25) is 0 Å². The molecule has 0 spiro atoms. The molecule has 0 aromatic heterocycles. The first-order valence-corrected chi connectivity index (χ1v) is 5.39. The van der Waals surface area contributed by atoms with Crippen LogP contribution in [0.5, 0.6) is 11.5 Å². The van der Waals surface area contributed by atoms with E-state index in [4.69, 9.17) is 0 Å². The maximum Gasteiger partial charge on any atom is 0.148 e. The first kappa shape index (κ1) is 10.3. The second-order valence-corrected chi connectivity index (χ2v) is 4.64. The number of phenolic OH excluding ortho intramolecular Hbond substituents is 2. The van der Waals surface area contributed by atoms with Gasteiger partial charge in [-0.25, -0.2) is 0 Å². The Bertz CT molecular complexity index is 231. The first-order chi connectivity index (χ1) is 5.46. The average molecular weight is 361 g/mol. The van der Waals surface area contributed by atoms with Crippen molar-refractivity contribution in [3.8, 4) is 11.5 Å². The molecule has 1 aromatic rings. The van der Waals surface area contributed by atoms with Gasteiger partial charge in [0, 0.05) is 10.0 Å². The Hall–Kier alpha value is 0.260. The van der Waals surface area contributed by atoms with Gasteiger partial charge in [0.15, 0.2) is 0 Å². The van der Waals surface area contributed by atoms with E-state index >= 15 is 0 Å². The van der Waals surface area contributed by atoms with Crippen molar-refractivity contribution in [2.75, 3.05) is 0 Å². The molecule has 66 valence electrons.